The first-order valence-corrected chi connectivity index (χ1v) is 9.61. The minimum absolute atomic E-state index is 0.144. The summed E-state index contributed by atoms with van der Waals surface area (Å²) in [5, 5.41) is 4.39. The first kappa shape index (κ1) is 17.4. The van der Waals surface area contributed by atoms with Gasteiger partial charge in [0.1, 0.15) is 5.75 Å². The molecule has 27 heavy (non-hydrogen) atoms. The van der Waals surface area contributed by atoms with Crippen LogP contribution in [0.25, 0.3) is 22.4 Å². The van der Waals surface area contributed by atoms with E-state index < -0.39 is 0 Å². The molecule has 0 unspecified atom stereocenters. The number of thiazole rings is 1. The van der Waals surface area contributed by atoms with E-state index in [1.54, 1.807) is 0 Å². The number of hydrogen-bond donors (Lipinski definition) is 0. The summed E-state index contributed by atoms with van der Waals surface area (Å²) >= 11 is 1.35. The predicted octanol–water partition coefficient (Wildman–Crippen LogP) is 3.40. The molecule has 5 nitrogen and oxygen atoms in total. The van der Waals surface area contributed by atoms with Gasteiger partial charge in [-0.05, 0) is 41.8 Å². The van der Waals surface area contributed by atoms with Crippen LogP contribution in [0.15, 0.2) is 59.4 Å². The maximum absolute atomic E-state index is 12.6. The van der Waals surface area contributed by atoms with Crippen molar-refractivity contribution < 1.29 is 4.74 Å². The zero-order valence-corrected chi connectivity index (χ0v) is 15.9. The SMILES string of the molecule is CC(C)COc1ccc(-c2nc3sc(=Cc4ccccc4)c(=O)n3n2)cc1. The Kier molecular flexibility index (Phi) is 4.73. The van der Waals surface area contributed by atoms with Gasteiger partial charge in [-0.3, -0.25) is 4.79 Å². The molecule has 0 saturated carbocycles. The Hall–Kier alpha value is -2.99. The summed E-state index contributed by atoms with van der Waals surface area (Å²) in [6.07, 6.45) is 1.86. The van der Waals surface area contributed by atoms with E-state index >= 15 is 0 Å². The van der Waals surface area contributed by atoms with Gasteiger partial charge in [-0.15, -0.1) is 5.10 Å². The van der Waals surface area contributed by atoms with E-state index in [0.29, 0.717) is 27.8 Å². The molecule has 0 bridgehead atoms. The van der Waals surface area contributed by atoms with E-state index in [-0.39, 0.29) is 5.56 Å². The van der Waals surface area contributed by atoms with E-state index in [0.717, 1.165) is 16.9 Å². The van der Waals surface area contributed by atoms with Crippen LogP contribution in [-0.4, -0.2) is 21.2 Å². The number of ether oxygens (including phenoxy) is 1. The van der Waals surface area contributed by atoms with E-state index in [2.05, 4.69) is 23.9 Å². The lowest BCUT2D eigenvalue weighted by atomic mass is 10.2. The zero-order valence-electron chi connectivity index (χ0n) is 15.1. The third kappa shape index (κ3) is 3.75. The second kappa shape index (κ2) is 7.32. The number of rotatable bonds is 5. The van der Waals surface area contributed by atoms with Crippen LogP contribution in [-0.2, 0) is 0 Å². The first-order valence-electron chi connectivity index (χ1n) is 8.80. The molecular weight excluding hydrogens is 358 g/mol. The molecule has 4 aromatic rings. The second-order valence-electron chi connectivity index (χ2n) is 6.69. The van der Waals surface area contributed by atoms with Gasteiger partial charge in [0.15, 0.2) is 5.82 Å². The normalized spacial score (nSPS) is 12.2. The van der Waals surface area contributed by atoms with Crippen LogP contribution in [0.3, 0.4) is 0 Å². The molecule has 0 N–H and O–H groups in total. The highest BCUT2D eigenvalue weighted by molar-refractivity contribution is 7.15. The zero-order chi connectivity index (χ0) is 18.8. The molecule has 2 heterocycles. The average molecular weight is 377 g/mol. The summed E-state index contributed by atoms with van der Waals surface area (Å²) in [5.74, 6) is 1.83. The Labute approximate surface area is 160 Å². The molecule has 2 aromatic carbocycles. The topological polar surface area (TPSA) is 56.5 Å². The van der Waals surface area contributed by atoms with Crippen molar-refractivity contribution in [2.75, 3.05) is 6.61 Å². The van der Waals surface area contributed by atoms with Crippen molar-refractivity contribution in [2.24, 2.45) is 5.92 Å². The van der Waals surface area contributed by atoms with Crippen molar-refractivity contribution in [3.8, 4) is 17.1 Å². The van der Waals surface area contributed by atoms with Crippen LogP contribution in [0.5, 0.6) is 5.75 Å². The van der Waals surface area contributed by atoms with Crippen molar-refractivity contribution in [3.05, 3.63) is 75.0 Å². The van der Waals surface area contributed by atoms with E-state index in [4.69, 9.17) is 4.74 Å². The van der Waals surface area contributed by atoms with E-state index in [1.807, 2.05) is 60.7 Å². The van der Waals surface area contributed by atoms with Gasteiger partial charge < -0.3 is 4.74 Å². The van der Waals surface area contributed by atoms with Crippen LogP contribution in [0.1, 0.15) is 19.4 Å². The van der Waals surface area contributed by atoms with Gasteiger partial charge in [-0.2, -0.15) is 9.50 Å². The van der Waals surface area contributed by atoms with Gasteiger partial charge in [-0.1, -0.05) is 55.5 Å². The van der Waals surface area contributed by atoms with Gasteiger partial charge in [0.05, 0.1) is 11.1 Å². The summed E-state index contributed by atoms with van der Waals surface area (Å²) in [6.45, 7) is 4.90. The quantitative estimate of drug-likeness (QED) is 0.535. The third-order valence-electron chi connectivity index (χ3n) is 3.98. The van der Waals surface area contributed by atoms with E-state index in [9.17, 15) is 4.79 Å². The molecule has 0 fully saturated rings. The van der Waals surface area contributed by atoms with Gasteiger partial charge in [-0.25, -0.2) is 0 Å². The molecular formula is C21H19N3O2S. The predicted molar refractivity (Wildman–Crippen MR) is 108 cm³/mol. The average Bonchev–Trinajstić information content (AvgIpc) is 3.21. The smallest absolute Gasteiger partial charge is 0.291 e. The van der Waals surface area contributed by atoms with Gasteiger partial charge in [0.2, 0.25) is 4.96 Å². The van der Waals surface area contributed by atoms with Crippen molar-refractivity contribution in [2.45, 2.75) is 13.8 Å². The fourth-order valence-corrected chi connectivity index (χ4v) is 3.53. The van der Waals surface area contributed by atoms with Crippen molar-refractivity contribution in [1.29, 1.82) is 0 Å². The molecule has 0 spiro atoms. The molecule has 0 radical (unpaired) electrons. The fourth-order valence-electron chi connectivity index (χ4n) is 2.62. The molecule has 0 aliphatic rings. The summed E-state index contributed by atoms with van der Waals surface area (Å²) in [5.41, 5.74) is 1.70. The molecule has 4 rings (SSSR count). The lowest BCUT2D eigenvalue weighted by Crippen LogP contribution is -2.23. The molecule has 6 heteroatoms. The molecule has 0 aliphatic heterocycles. The van der Waals surface area contributed by atoms with Gasteiger partial charge in [0, 0.05) is 5.56 Å². The Morgan fingerprint density at radius 1 is 1.11 bits per heavy atom. The Bertz CT molecular complexity index is 1160. The fraction of sp³-hybridized carbons (Fsp3) is 0.190. The van der Waals surface area contributed by atoms with Crippen LogP contribution >= 0.6 is 11.3 Å². The summed E-state index contributed by atoms with van der Waals surface area (Å²) in [7, 11) is 0. The summed E-state index contributed by atoms with van der Waals surface area (Å²) in [6, 6.07) is 17.4. The molecule has 0 saturated heterocycles. The Morgan fingerprint density at radius 2 is 1.85 bits per heavy atom. The standard InChI is InChI=1S/C21H19N3O2S/c1-14(2)13-26-17-10-8-16(9-11-17)19-22-21-24(23-19)20(25)18(27-21)12-15-6-4-3-5-7-15/h3-12,14H,13H2,1-2H3. The largest absolute Gasteiger partial charge is 0.493 e. The lowest BCUT2D eigenvalue weighted by molar-refractivity contribution is 0.271. The number of fused-ring (bicyclic) bond motifs is 1. The van der Waals surface area contributed by atoms with Gasteiger partial charge in [0.25, 0.3) is 5.56 Å². The maximum atomic E-state index is 12.6. The minimum atomic E-state index is -0.144. The third-order valence-corrected chi connectivity index (χ3v) is 4.93. The molecule has 0 atom stereocenters. The van der Waals surface area contributed by atoms with Crippen LogP contribution in [0.2, 0.25) is 0 Å². The summed E-state index contributed by atoms with van der Waals surface area (Å²) in [4.78, 5) is 17.7. The van der Waals surface area contributed by atoms with Crippen molar-refractivity contribution in [3.63, 3.8) is 0 Å². The van der Waals surface area contributed by atoms with Crippen molar-refractivity contribution >= 4 is 22.4 Å². The second-order valence-corrected chi connectivity index (χ2v) is 7.69. The van der Waals surface area contributed by atoms with Crippen molar-refractivity contribution in [1.82, 2.24) is 14.6 Å². The summed E-state index contributed by atoms with van der Waals surface area (Å²) < 4.78 is 7.69. The molecule has 0 aliphatic carbocycles. The van der Waals surface area contributed by atoms with Gasteiger partial charge >= 0.3 is 0 Å². The molecule has 2 aromatic heterocycles. The van der Waals surface area contributed by atoms with Crippen LogP contribution < -0.4 is 14.8 Å². The maximum Gasteiger partial charge on any atom is 0.291 e. The highest BCUT2D eigenvalue weighted by Gasteiger charge is 2.12. The highest BCUT2D eigenvalue weighted by Crippen LogP contribution is 2.20. The van der Waals surface area contributed by atoms with Crippen LogP contribution in [0, 0.1) is 5.92 Å². The van der Waals surface area contributed by atoms with E-state index in [1.165, 1.54) is 15.9 Å². The lowest BCUT2D eigenvalue weighted by Gasteiger charge is -2.08. The monoisotopic (exact) mass is 377 g/mol. The van der Waals surface area contributed by atoms with Crippen LogP contribution in [0.4, 0.5) is 0 Å². The molecule has 0 amide bonds. The number of benzene rings is 2. The minimum Gasteiger partial charge on any atom is -0.493 e. The number of hydrogen-bond acceptors (Lipinski definition) is 5. The molecule has 136 valence electrons. The highest BCUT2D eigenvalue weighted by atomic mass is 32.1. The Morgan fingerprint density at radius 3 is 2.52 bits per heavy atom. The number of nitrogens with zero attached hydrogens (tertiary/aromatic N) is 3. The first-order chi connectivity index (χ1) is 13.1. The Balaban J connectivity index is 1.63. The number of aromatic nitrogens is 3.